The summed E-state index contributed by atoms with van der Waals surface area (Å²) in [6.45, 7) is 0. The van der Waals surface area contributed by atoms with E-state index in [0.29, 0.717) is 5.56 Å². The predicted molar refractivity (Wildman–Crippen MR) is 59.5 cm³/mol. The molecule has 20 heavy (non-hydrogen) atoms. The Morgan fingerprint density at radius 2 is 1.35 bits per heavy atom. The van der Waals surface area contributed by atoms with Gasteiger partial charge in [-0.2, -0.15) is 0 Å². The van der Waals surface area contributed by atoms with Crippen LogP contribution in [0, 0.1) is 0 Å². The SMILES string of the molecule is O=C([O-])c1ccc2c(c1C(=O)[O-])-c1ccccc1-2.[K+].[K+]. The van der Waals surface area contributed by atoms with Gasteiger partial charge < -0.3 is 19.8 Å². The first-order chi connectivity index (χ1) is 8.61. The van der Waals surface area contributed by atoms with E-state index in [4.69, 9.17) is 0 Å². The molecule has 0 aliphatic heterocycles. The zero-order valence-corrected chi connectivity index (χ0v) is 17.3. The van der Waals surface area contributed by atoms with E-state index in [0.717, 1.165) is 16.7 Å². The van der Waals surface area contributed by atoms with Gasteiger partial charge in [0.2, 0.25) is 0 Å². The second-order valence-corrected chi connectivity index (χ2v) is 4.03. The van der Waals surface area contributed by atoms with Gasteiger partial charge in [0.1, 0.15) is 0 Å². The number of fused-ring (bicyclic) bond motifs is 4. The second-order valence-electron chi connectivity index (χ2n) is 4.03. The van der Waals surface area contributed by atoms with Gasteiger partial charge in [-0.25, -0.2) is 0 Å². The number of hydrogen-bond acceptors (Lipinski definition) is 4. The summed E-state index contributed by atoms with van der Waals surface area (Å²) in [7, 11) is 0. The maximum absolute atomic E-state index is 11.1. The molecule has 88 valence electrons. The van der Waals surface area contributed by atoms with Crippen molar-refractivity contribution in [3.05, 3.63) is 47.5 Å². The number of hydrogen-bond donors (Lipinski definition) is 0. The molecule has 4 nitrogen and oxygen atoms in total. The molecular formula is C14H6K2O4. The fraction of sp³-hybridized carbons (Fsp3) is 0. The van der Waals surface area contributed by atoms with Gasteiger partial charge in [0.15, 0.2) is 0 Å². The molecule has 0 bridgehead atoms. The van der Waals surface area contributed by atoms with Crippen molar-refractivity contribution in [3.63, 3.8) is 0 Å². The number of aromatic carboxylic acids is 2. The van der Waals surface area contributed by atoms with Crippen molar-refractivity contribution >= 4 is 11.9 Å². The Morgan fingerprint density at radius 1 is 0.750 bits per heavy atom. The molecule has 0 aromatic heterocycles. The second kappa shape index (κ2) is 7.28. The van der Waals surface area contributed by atoms with E-state index < -0.39 is 11.9 Å². The summed E-state index contributed by atoms with van der Waals surface area (Å²) in [5.41, 5.74) is 2.16. The minimum absolute atomic E-state index is 0. The summed E-state index contributed by atoms with van der Waals surface area (Å²) in [6.07, 6.45) is 0. The summed E-state index contributed by atoms with van der Waals surface area (Å²) >= 11 is 0. The summed E-state index contributed by atoms with van der Waals surface area (Å²) in [5.74, 6) is -3.01. The molecule has 1 aliphatic carbocycles. The molecule has 2 aromatic rings. The smallest absolute Gasteiger partial charge is 0.545 e. The quantitative estimate of drug-likeness (QED) is 0.441. The van der Waals surface area contributed by atoms with Gasteiger partial charge in [-0.15, -0.1) is 0 Å². The van der Waals surface area contributed by atoms with Crippen LogP contribution in [-0.2, 0) is 0 Å². The maximum Gasteiger partial charge on any atom is 1.00 e. The third-order valence-corrected chi connectivity index (χ3v) is 3.12. The van der Waals surface area contributed by atoms with Crippen LogP contribution < -0.4 is 113 Å². The third kappa shape index (κ3) is 2.92. The van der Waals surface area contributed by atoms with Crippen molar-refractivity contribution in [2.45, 2.75) is 0 Å². The van der Waals surface area contributed by atoms with Crippen LogP contribution in [0.1, 0.15) is 20.7 Å². The van der Waals surface area contributed by atoms with Crippen molar-refractivity contribution in [2.24, 2.45) is 0 Å². The normalized spacial score (nSPS) is 10.0. The van der Waals surface area contributed by atoms with Crippen molar-refractivity contribution in [3.8, 4) is 22.3 Å². The van der Waals surface area contributed by atoms with Crippen LogP contribution in [0.25, 0.3) is 22.3 Å². The van der Waals surface area contributed by atoms with Gasteiger partial charge in [0.05, 0.1) is 11.9 Å². The van der Waals surface area contributed by atoms with Crippen molar-refractivity contribution in [1.82, 2.24) is 0 Å². The molecule has 3 rings (SSSR count). The topological polar surface area (TPSA) is 80.3 Å². The fourth-order valence-corrected chi connectivity index (χ4v) is 2.36. The first kappa shape index (κ1) is 18.7. The molecule has 0 N–H and O–H groups in total. The van der Waals surface area contributed by atoms with E-state index in [1.807, 2.05) is 12.1 Å². The van der Waals surface area contributed by atoms with Gasteiger partial charge in [0, 0.05) is 11.1 Å². The fourth-order valence-electron chi connectivity index (χ4n) is 2.36. The molecule has 6 heteroatoms. The van der Waals surface area contributed by atoms with Crippen LogP contribution in [0.2, 0.25) is 0 Å². The molecule has 0 spiro atoms. The summed E-state index contributed by atoms with van der Waals surface area (Å²) in [5, 5.41) is 22.1. The molecule has 0 saturated heterocycles. The van der Waals surface area contributed by atoms with Crippen LogP contribution in [0.3, 0.4) is 0 Å². The molecule has 0 fully saturated rings. The third-order valence-electron chi connectivity index (χ3n) is 3.12. The Labute approximate surface area is 200 Å². The molecule has 2 aromatic carbocycles. The predicted octanol–water partition coefficient (Wildman–Crippen LogP) is -5.93. The number of carboxylic acids is 2. The summed E-state index contributed by atoms with van der Waals surface area (Å²) < 4.78 is 0. The number of rotatable bonds is 2. The number of carbonyl (C=O) groups excluding carboxylic acids is 2. The Morgan fingerprint density at radius 3 is 1.90 bits per heavy atom. The van der Waals surface area contributed by atoms with Crippen molar-refractivity contribution in [1.29, 1.82) is 0 Å². The van der Waals surface area contributed by atoms with Gasteiger partial charge in [0.25, 0.3) is 0 Å². The van der Waals surface area contributed by atoms with Crippen LogP contribution >= 0.6 is 0 Å². The zero-order chi connectivity index (χ0) is 12.9. The molecule has 0 heterocycles. The molecule has 0 unspecified atom stereocenters. The average molecular weight is 316 g/mol. The number of benzene rings is 2. The van der Waals surface area contributed by atoms with Gasteiger partial charge in [-0.05, 0) is 22.3 Å². The molecular weight excluding hydrogens is 310 g/mol. The van der Waals surface area contributed by atoms with E-state index in [2.05, 4.69) is 0 Å². The van der Waals surface area contributed by atoms with Gasteiger partial charge in [-0.3, -0.25) is 0 Å². The molecule has 0 amide bonds. The van der Waals surface area contributed by atoms with Gasteiger partial charge in [-0.1, -0.05) is 36.4 Å². The Hall–Kier alpha value is 0.653. The first-order valence-electron chi connectivity index (χ1n) is 5.30. The van der Waals surface area contributed by atoms with Crippen LogP contribution in [-0.4, -0.2) is 11.9 Å². The molecule has 0 saturated carbocycles. The number of carbonyl (C=O) groups is 2. The van der Waals surface area contributed by atoms with Crippen molar-refractivity contribution < 1.29 is 123 Å². The van der Waals surface area contributed by atoms with Crippen LogP contribution in [0.4, 0.5) is 0 Å². The minimum atomic E-state index is -1.51. The van der Waals surface area contributed by atoms with E-state index in [-0.39, 0.29) is 114 Å². The Balaban J connectivity index is 0.000001000. The van der Waals surface area contributed by atoms with Crippen LogP contribution in [0.5, 0.6) is 0 Å². The minimum Gasteiger partial charge on any atom is -0.545 e. The zero-order valence-electron chi connectivity index (χ0n) is 11.1. The first-order valence-corrected chi connectivity index (χ1v) is 5.30. The maximum atomic E-state index is 11.1. The largest absolute Gasteiger partial charge is 1.00 e. The Kier molecular flexibility index (Phi) is 6.80. The molecule has 0 atom stereocenters. The average Bonchev–Trinajstić information content (AvgIpc) is 2.33. The monoisotopic (exact) mass is 316 g/mol. The Bertz CT molecular complexity index is 710. The number of carboxylic acid groups (broad SMARTS) is 2. The van der Waals surface area contributed by atoms with E-state index in [9.17, 15) is 19.8 Å². The standard InChI is InChI=1S/C14H8O4.2K/c15-13(16)10-6-5-9-7-3-1-2-4-8(7)11(9)12(10)14(17)18;;/h1-6H,(H,15,16)(H,17,18);;/q;2*+1/p-2. The van der Waals surface area contributed by atoms with Crippen LogP contribution in [0.15, 0.2) is 36.4 Å². The van der Waals surface area contributed by atoms with Gasteiger partial charge >= 0.3 is 103 Å². The molecule has 0 radical (unpaired) electrons. The van der Waals surface area contributed by atoms with E-state index >= 15 is 0 Å². The summed E-state index contributed by atoms with van der Waals surface area (Å²) in [6, 6.07) is 10.1. The van der Waals surface area contributed by atoms with E-state index in [1.54, 1.807) is 18.2 Å². The van der Waals surface area contributed by atoms with E-state index in [1.165, 1.54) is 6.07 Å². The van der Waals surface area contributed by atoms with Crippen molar-refractivity contribution in [2.75, 3.05) is 0 Å². The summed E-state index contributed by atoms with van der Waals surface area (Å²) in [4.78, 5) is 22.1. The molecule has 1 aliphatic rings.